The van der Waals surface area contributed by atoms with E-state index in [-0.39, 0.29) is 34.7 Å². The van der Waals surface area contributed by atoms with E-state index < -0.39 is 35.2 Å². The molecule has 0 aliphatic heterocycles. The molecule has 0 aliphatic carbocycles. The largest absolute Gasteiger partial charge is 0.408 e. The van der Waals surface area contributed by atoms with E-state index in [0.29, 0.717) is 17.6 Å². The van der Waals surface area contributed by atoms with Crippen LogP contribution in [0.3, 0.4) is 0 Å². The number of halogens is 3. The highest BCUT2D eigenvalue weighted by Gasteiger charge is 2.30. The van der Waals surface area contributed by atoms with Crippen molar-refractivity contribution in [2.45, 2.75) is 39.2 Å². The summed E-state index contributed by atoms with van der Waals surface area (Å²) in [5.41, 5.74) is -2.34. The van der Waals surface area contributed by atoms with Crippen LogP contribution in [0.15, 0.2) is 31.7 Å². The maximum Gasteiger partial charge on any atom is 0.408 e. The number of fused-ring (bicyclic) bond motifs is 2. The lowest BCUT2D eigenvalue weighted by molar-refractivity contribution is -0.141. The van der Waals surface area contributed by atoms with E-state index in [1.165, 1.54) is 32.0 Å². The van der Waals surface area contributed by atoms with Gasteiger partial charge in [-0.15, -0.1) is 0 Å². The molecule has 0 aromatic carbocycles. The molecule has 0 saturated heterocycles. The van der Waals surface area contributed by atoms with Gasteiger partial charge in [0.05, 0.1) is 18.0 Å². The first kappa shape index (κ1) is 24.2. The molecule has 0 saturated carbocycles. The minimum atomic E-state index is -4.59. The van der Waals surface area contributed by atoms with Crippen LogP contribution in [-0.2, 0) is 40.8 Å². The molecule has 0 radical (unpaired) electrons. The maximum atomic E-state index is 13.0. The number of rotatable bonds is 6. The highest BCUT2D eigenvalue weighted by molar-refractivity contribution is 5.73. The average molecular weight is 496 g/mol. The van der Waals surface area contributed by atoms with Crippen molar-refractivity contribution >= 4 is 22.2 Å². The number of hydrogen-bond donors (Lipinski definition) is 0. The Kier molecular flexibility index (Phi) is 5.81. The Morgan fingerprint density at radius 2 is 1.63 bits per heavy atom. The average Bonchev–Trinajstić information content (AvgIpc) is 3.38. The molecule has 4 aromatic rings. The second-order valence-corrected chi connectivity index (χ2v) is 8.62. The zero-order valence-electron chi connectivity index (χ0n) is 19.4. The third-order valence-corrected chi connectivity index (χ3v) is 6.05. The van der Waals surface area contributed by atoms with E-state index in [4.69, 9.17) is 0 Å². The molecule has 0 N–H and O–H groups in total. The minimum absolute atomic E-state index is 0.0138. The van der Waals surface area contributed by atoms with E-state index in [9.17, 15) is 32.3 Å². The first-order chi connectivity index (χ1) is 16.3. The first-order valence-electron chi connectivity index (χ1n) is 10.6. The van der Waals surface area contributed by atoms with Crippen LogP contribution in [0, 0.1) is 5.92 Å². The van der Waals surface area contributed by atoms with E-state index >= 15 is 0 Å². The van der Waals surface area contributed by atoms with Crippen LogP contribution in [0.25, 0.3) is 22.2 Å². The van der Waals surface area contributed by atoms with Gasteiger partial charge in [0.15, 0.2) is 16.7 Å². The van der Waals surface area contributed by atoms with Crippen molar-refractivity contribution in [1.82, 2.24) is 37.6 Å². The fourth-order valence-corrected chi connectivity index (χ4v) is 4.14. The molecule has 4 heterocycles. The molecule has 0 bridgehead atoms. The standard InChI is InChI=1S/C20H23F3N8O4/c1-11(8-29-10-24-15-14(29)16(32)28(4)18(34)27(15)3)5-6-30-17(33)13-12(26(2)19(30)35)7-25-31(13)9-20(21,22)23/h7,10-11H,5-6,8-9H2,1-4H3. The molecule has 0 amide bonds. The molecular weight excluding hydrogens is 473 g/mol. The van der Waals surface area contributed by atoms with E-state index in [2.05, 4.69) is 10.1 Å². The van der Waals surface area contributed by atoms with Crippen LogP contribution < -0.4 is 22.5 Å². The molecule has 1 unspecified atom stereocenters. The van der Waals surface area contributed by atoms with Crippen molar-refractivity contribution in [3.63, 3.8) is 0 Å². The zero-order valence-corrected chi connectivity index (χ0v) is 19.4. The van der Waals surface area contributed by atoms with Crippen molar-refractivity contribution in [2.24, 2.45) is 27.1 Å². The molecular formula is C20H23F3N8O4. The summed E-state index contributed by atoms with van der Waals surface area (Å²) in [4.78, 5) is 54.6. The lowest BCUT2D eigenvalue weighted by Crippen LogP contribution is -2.40. The van der Waals surface area contributed by atoms with Crippen LogP contribution >= 0.6 is 0 Å². The Hall–Kier alpha value is -3.91. The summed E-state index contributed by atoms with van der Waals surface area (Å²) in [6.07, 6.45) is -1.78. The smallest absolute Gasteiger partial charge is 0.324 e. The summed E-state index contributed by atoms with van der Waals surface area (Å²) in [5, 5.41) is 3.64. The van der Waals surface area contributed by atoms with Gasteiger partial charge in [-0.3, -0.25) is 27.9 Å². The molecule has 4 aromatic heterocycles. The van der Waals surface area contributed by atoms with Crippen molar-refractivity contribution in [3.8, 4) is 0 Å². The minimum Gasteiger partial charge on any atom is -0.324 e. The Morgan fingerprint density at radius 1 is 0.943 bits per heavy atom. The second kappa shape index (κ2) is 8.39. The molecule has 0 fully saturated rings. The second-order valence-electron chi connectivity index (χ2n) is 8.62. The van der Waals surface area contributed by atoms with Crippen molar-refractivity contribution in [3.05, 3.63) is 54.2 Å². The van der Waals surface area contributed by atoms with Crippen LogP contribution in [0.1, 0.15) is 13.3 Å². The molecule has 1 atom stereocenters. The zero-order chi connectivity index (χ0) is 25.8. The summed E-state index contributed by atoms with van der Waals surface area (Å²) in [6.45, 7) is 0.627. The molecule has 15 heteroatoms. The third-order valence-electron chi connectivity index (χ3n) is 6.05. The summed E-state index contributed by atoms with van der Waals surface area (Å²) in [7, 11) is 4.24. The number of nitrogens with zero attached hydrogens (tertiary/aromatic N) is 8. The monoisotopic (exact) mass is 496 g/mol. The van der Waals surface area contributed by atoms with Gasteiger partial charge in [0.25, 0.3) is 11.1 Å². The Balaban J connectivity index is 1.64. The number of alkyl halides is 3. The maximum absolute atomic E-state index is 13.0. The fourth-order valence-electron chi connectivity index (χ4n) is 4.14. The van der Waals surface area contributed by atoms with E-state index in [0.717, 1.165) is 19.9 Å². The highest BCUT2D eigenvalue weighted by Crippen LogP contribution is 2.19. The Bertz CT molecular complexity index is 1680. The van der Waals surface area contributed by atoms with Crippen molar-refractivity contribution in [1.29, 1.82) is 0 Å². The van der Waals surface area contributed by atoms with Crippen molar-refractivity contribution < 1.29 is 13.2 Å². The van der Waals surface area contributed by atoms with Crippen LogP contribution in [-0.4, -0.2) is 43.8 Å². The van der Waals surface area contributed by atoms with Gasteiger partial charge in [-0.25, -0.2) is 19.3 Å². The SMILES string of the molecule is CC(CCn1c(=O)c2c(cnn2CC(F)(F)F)n(C)c1=O)Cn1cnc2c1c(=O)n(C)c(=O)n2C. The molecule has 188 valence electrons. The molecule has 0 spiro atoms. The number of hydrogen-bond acceptors (Lipinski definition) is 6. The lowest BCUT2D eigenvalue weighted by atomic mass is 10.1. The van der Waals surface area contributed by atoms with Crippen LogP contribution in [0.5, 0.6) is 0 Å². The van der Waals surface area contributed by atoms with Gasteiger partial charge < -0.3 is 4.57 Å². The van der Waals surface area contributed by atoms with Gasteiger partial charge in [-0.1, -0.05) is 6.92 Å². The number of aromatic nitrogens is 8. The summed E-state index contributed by atoms with van der Waals surface area (Å²) >= 11 is 0. The van der Waals surface area contributed by atoms with E-state index in [1.54, 1.807) is 4.57 Å². The summed E-state index contributed by atoms with van der Waals surface area (Å²) in [6, 6.07) is 0. The third kappa shape index (κ3) is 4.10. The van der Waals surface area contributed by atoms with Gasteiger partial charge in [-0.05, 0) is 12.3 Å². The van der Waals surface area contributed by atoms with Crippen LogP contribution in [0.4, 0.5) is 13.2 Å². The van der Waals surface area contributed by atoms with Gasteiger partial charge in [0, 0.05) is 34.2 Å². The normalized spacial score (nSPS) is 13.2. The van der Waals surface area contributed by atoms with Crippen LogP contribution in [0.2, 0.25) is 0 Å². The summed E-state index contributed by atoms with van der Waals surface area (Å²) in [5.74, 6) is -0.165. The summed E-state index contributed by atoms with van der Waals surface area (Å²) < 4.78 is 45.1. The molecule has 12 nitrogen and oxygen atoms in total. The predicted molar refractivity (Wildman–Crippen MR) is 119 cm³/mol. The molecule has 4 rings (SSSR count). The Morgan fingerprint density at radius 3 is 2.29 bits per heavy atom. The number of aryl methyl sites for hydroxylation is 2. The lowest BCUT2D eigenvalue weighted by Gasteiger charge is -2.15. The Labute approximate surface area is 194 Å². The predicted octanol–water partition coefficient (Wildman–Crippen LogP) is -0.0675. The molecule has 0 aliphatic rings. The van der Waals surface area contributed by atoms with Gasteiger partial charge >= 0.3 is 17.6 Å². The fraction of sp³-hybridized carbons (Fsp3) is 0.500. The van der Waals surface area contributed by atoms with E-state index in [1.807, 2.05) is 6.92 Å². The highest BCUT2D eigenvalue weighted by atomic mass is 19.4. The topological polar surface area (TPSA) is 124 Å². The number of imidazole rings is 1. The first-order valence-corrected chi connectivity index (χ1v) is 10.6. The van der Waals surface area contributed by atoms with Gasteiger partial charge in [0.2, 0.25) is 0 Å². The molecule has 35 heavy (non-hydrogen) atoms. The van der Waals surface area contributed by atoms with Gasteiger partial charge in [0.1, 0.15) is 6.54 Å². The quantitative estimate of drug-likeness (QED) is 0.368. The van der Waals surface area contributed by atoms with Crippen molar-refractivity contribution in [2.75, 3.05) is 0 Å². The van der Waals surface area contributed by atoms with Gasteiger partial charge in [-0.2, -0.15) is 18.3 Å².